The van der Waals surface area contributed by atoms with Crippen molar-refractivity contribution in [3.8, 4) is 5.88 Å². The summed E-state index contributed by atoms with van der Waals surface area (Å²) in [5, 5.41) is 15.1. The normalized spacial score (nSPS) is 15.1. The van der Waals surface area contributed by atoms with Crippen molar-refractivity contribution < 1.29 is 13.5 Å². The third-order valence-electron chi connectivity index (χ3n) is 6.81. The van der Waals surface area contributed by atoms with Crippen molar-refractivity contribution in [2.24, 2.45) is 4.99 Å². The standard InChI is InChI=1S/C28H30F2N8O/c1-39-28-24(29)8-17(13-37-28)12-34-25-3-2-18(26(30)38-25)9-20-15-36-27-23(20)10-19(14-35-27)21(11-31)16-33-22-4-6-32-7-5-22/h2-3,8,10-11,13-16,21-22,31-32H,4-7,9,12H2,1H3,(H,34,38)(H,35,36). The zero-order valence-corrected chi connectivity index (χ0v) is 21.5. The molecule has 4 aromatic heterocycles. The lowest BCUT2D eigenvalue weighted by Gasteiger charge is -2.19. The van der Waals surface area contributed by atoms with Gasteiger partial charge in [-0.1, -0.05) is 6.07 Å². The topological polar surface area (TPSA) is 124 Å². The average Bonchev–Trinajstić information content (AvgIpc) is 3.36. The number of aromatic nitrogens is 4. The lowest BCUT2D eigenvalue weighted by molar-refractivity contribution is 0.368. The predicted octanol–water partition coefficient (Wildman–Crippen LogP) is 4.40. The first-order valence-corrected chi connectivity index (χ1v) is 12.8. The number of pyridine rings is 3. The first-order chi connectivity index (χ1) is 19.0. The molecule has 0 radical (unpaired) electrons. The van der Waals surface area contributed by atoms with Crippen LogP contribution >= 0.6 is 0 Å². The molecule has 0 spiro atoms. The summed E-state index contributed by atoms with van der Waals surface area (Å²) < 4.78 is 33.7. The van der Waals surface area contributed by atoms with E-state index in [0.717, 1.165) is 42.4 Å². The number of hydrogen-bond donors (Lipinski definition) is 4. The van der Waals surface area contributed by atoms with E-state index in [1.807, 2.05) is 18.5 Å². The molecule has 4 N–H and O–H groups in total. The summed E-state index contributed by atoms with van der Waals surface area (Å²) in [6, 6.07) is 6.94. The first kappa shape index (κ1) is 26.4. The number of nitrogens with one attached hydrogen (secondary N) is 4. The minimum Gasteiger partial charge on any atom is -0.479 e. The van der Waals surface area contributed by atoms with E-state index in [2.05, 4.69) is 30.6 Å². The molecule has 0 saturated carbocycles. The fourth-order valence-electron chi connectivity index (χ4n) is 4.60. The Bertz CT molecular complexity index is 1480. The summed E-state index contributed by atoms with van der Waals surface area (Å²) in [6.45, 7) is 2.14. The first-order valence-electron chi connectivity index (χ1n) is 12.8. The van der Waals surface area contributed by atoms with Crippen molar-refractivity contribution in [3.63, 3.8) is 0 Å². The van der Waals surface area contributed by atoms with Crippen LogP contribution in [-0.4, -0.2) is 58.6 Å². The van der Waals surface area contributed by atoms with Crippen LogP contribution in [0.2, 0.25) is 0 Å². The van der Waals surface area contributed by atoms with Crippen LogP contribution in [0, 0.1) is 17.2 Å². The Morgan fingerprint density at radius 1 is 1.18 bits per heavy atom. The van der Waals surface area contributed by atoms with Gasteiger partial charge in [0.2, 0.25) is 11.8 Å². The Hall–Kier alpha value is -4.25. The van der Waals surface area contributed by atoms with Crippen molar-refractivity contribution in [2.45, 2.75) is 37.8 Å². The van der Waals surface area contributed by atoms with Gasteiger partial charge in [-0.2, -0.15) is 4.39 Å². The number of methoxy groups -OCH3 is 1. The third-order valence-corrected chi connectivity index (χ3v) is 6.81. The van der Waals surface area contributed by atoms with Gasteiger partial charge in [0, 0.05) is 54.9 Å². The molecule has 39 heavy (non-hydrogen) atoms. The van der Waals surface area contributed by atoms with E-state index in [0.29, 0.717) is 29.0 Å². The number of ether oxygens (including phenoxy) is 1. The maximum atomic E-state index is 15.0. The second kappa shape index (κ2) is 12.1. The van der Waals surface area contributed by atoms with Crippen molar-refractivity contribution in [1.82, 2.24) is 25.3 Å². The molecule has 0 aromatic carbocycles. The SMILES string of the molecule is COc1ncc(CNc2ccc(Cc3c[nH]c4ncc(C(C=N)C=NC5CCNCC5)cc34)c(F)n2)cc1F. The smallest absolute Gasteiger partial charge is 0.250 e. The monoisotopic (exact) mass is 532 g/mol. The lowest BCUT2D eigenvalue weighted by atomic mass is 9.99. The molecule has 1 aliphatic rings. The Kier molecular flexibility index (Phi) is 8.16. The second-order valence-electron chi connectivity index (χ2n) is 9.46. The van der Waals surface area contributed by atoms with E-state index in [-0.39, 0.29) is 24.4 Å². The zero-order valence-electron chi connectivity index (χ0n) is 21.5. The molecule has 1 saturated heterocycles. The van der Waals surface area contributed by atoms with Crippen LogP contribution in [0.4, 0.5) is 14.6 Å². The lowest BCUT2D eigenvalue weighted by Crippen LogP contribution is -2.30. The maximum absolute atomic E-state index is 15.0. The fraction of sp³-hybridized carbons (Fsp3) is 0.321. The third kappa shape index (κ3) is 6.26. The Morgan fingerprint density at radius 2 is 2.03 bits per heavy atom. The highest BCUT2D eigenvalue weighted by molar-refractivity contribution is 5.91. The molecule has 5 heterocycles. The van der Waals surface area contributed by atoms with Crippen molar-refractivity contribution >= 4 is 29.3 Å². The quantitative estimate of drug-likeness (QED) is 0.177. The highest BCUT2D eigenvalue weighted by Gasteiger charge is 2.16. The van der Waals surface area contributed by atoms with Gasteiger partial charge in [0.1, 0.15) is 11.5 Å². The van der Waals surface area contributed by atoms with Gasteiger partial charge in [0.05, 0.1) is 19.1 Å². The fourth-order valence-corrected chi connectivity index (χ4v) is 4.60. The molecular weight excluding hydrogens is 502 g/mol. The largest absolute Gasteiger partial charge is 0.479 e. The summed E-state index contributed by atoms with van der Waals surface area (Å²) in [5.41, 5.74) is 3.43. The number of hydrogen-bond acceptors (Lipinski definition) is 8. The molecule has 9 nitrogen and oxygen atoms in total. The number of halogens is 2. The highest BCUT2D eigenvalue weighted by atomic mass is 19.1. The van der Waals surface area contributed by atoms with E-state index in [4.69, 9.17) is 15.1 Å². The molecule has 5 rings (SSSR count). The number of H-pyrrole nitrogens is 1. The number of aromatic amines is 1. The van der Waals surface area contributed by atoms with E-state index < -0.39 is 11.8 Å². The molecule has 1 fully saturated rings. The molecule has 0 amide bonds. The Morgan fingerprint density at radius 3 is 2.77 bits per heavy atom. The Balaban J connectivity index is 1.28. The summed E-state index contributed by atoms with van der Waals surface area (Å²) in [7, 11) is 1.35. The van der Waals surface area contributed by atoms with Gasteiger partial charge in [0.25, 0.3) is 0 Å². The Labute approximate surface area is 224 Å². The van der Waals surface area contributed by atoms with E-state index in [1.165, 1.54) is 25.6 Å². The van der Waals surface area contributed by atoms with Crippen LogP contribution in [0.1, 0.15) is 41.0 Å². The highest BCUT2D eigenvalue weighted by Crippen LogP contribution is 2.25. The van der Waals surface area contributed by atoms with Crippen LogP contribution in [0.15, 0.2) is 47.8 Å². The van der Waals surface area contributed by atoms with Gasteiger partial charge in [-0.25, -0.2) is 19.3 Å². The number of anilines is 1. The van der Waals surface area contributed by atoms with Crippen LogP contribution in [0.25, 0.3) is 11.0 Å². The van der Waals surface area contributed by atoms with E-state index >= 15 is 0 Å². The zero-order chi connectivity index (χ0) is 27.2. The van der Waals surface area contributed by atoms with Crippen molar-refractivity contribution in [1.29, 1.82) is 5.41 Å². The summed E-state index contributed by atoms with van der Waals surface area (Å²) in [4.78, 5) is 20.3. The van der Waals surface area contributed by atoms with Crippen LogP contribution in [-0.2, 0) is 13.0 Å². The molecule has 1 aliphatic heterocycles. The van der Waals surface area contributed by atoms with Crippen LogP contribution < -0.4 is 15.4 Å². The summed E-state index contributed by atoms with van der Waals surface area (Å²) >= 11 is 0. The number of fused-ring (bicyclic) bond motifs is 1. The predicted molar refractivity (Wildman–Crippen MR) is 147 cm³/mol. The molecule has 1 unspecified atom stereocenters. The molecule has 1 atom stereocenters. The molecule has 11 heteroatoms. The minimum atomic E-state index is -0.594. The number of aliphatic imine (C=N–C) groups is 1. The van der Waals surface area contributed by atoms with Crippen LogP contribution in [0.5, 0.6) is 5.88 Å². The number of nitrogens with zero attached hydrogens (tertiary/aromatic N) is 4. The molecule has 202 valence electrons. The summed E-state index contributed by atoms with van der Waals surface area (Å²) in [5.74, 6) is -1.19. The van der Waals surface area contributed by atoms with Crippen LogP contribution in [0.3, 0.4) is 0 Å². The maximum Gasteiger partial charge on any atom is 0.250 e. The molecule has 4 aromatic rings. The van der Waals surface area contributed by atoms with E-state index in [1.54, 1.807) is 18.3 Å². The van der Waals surface area contributed by atoms with Gasteiger partial charge >= 0.3 is 0 Å². The van der Waals surface area contributed by atoms with Gasteiger partial charge < -0.3 is 25.8 Å². The second-order valence-corrected chi connectivity index (χ2v) is 9.46. The van der Waals surface area contributed by atoms with Gasteiger partial charge in [-0.3, -0.25) is 4.99 Å². The summed E-state index contributed by atoms with van der Waals surface area (Å²) in [6.07, 6.45) is 10.6. The van der Waals surface area contributed by atoms with Gasteiger partial charge in [-0.05, 0) is 60.8 Å². The number of piperidine rings is 1. The molecule has 0 bridgehead atoms. The molecular formula is C28H30F2N8O. The number of rotatable bonds is 10. The van der Waals surface area contributed by atoms with E-state index in [9.17, 15) is 8.78 Å². The van der Waals surface area contributed by atoms with Gasteiger partial charge in [0.15, 0.2) is 5.82 Å². The average molecular weight is 533 g/mol. The van der Waals surface area contributed by atoms with Crippen molar-refractivity contribution in [3.05, 3.63) is 76.9 Å². The molecule has 0 aliphatic carbocycles. The minimum absolute atomic E-state index is 0.0782. The van der Waals surface area contributed by atoms with Crippen molar-refractivity contribution in [2.75, 3.05) is 25.5 Å². The van der Waals surface area contributed by atoms with Gasteiger partial charge in [-0.15, -0.1) is 0 Å².